The van der Waals surface area contributed by atoms with Crippen LogP contribution in [0.1, 0.15) is 20.8 Å². The minimum Gasteiger partial charge on any atom is -0.495 e. The van der Waals surface area contributed by atoms with Crippen LogP contribution in [0, 0.1) is 0 Å². The molecule has 0 atom stereocenters. The van der Waals surface area contributed by atoms with Gasteiger partial charge < -0.3 is 10.1 Å². The molecular formula is C16H12ClN3O5S. The number of carbonyl (C=O) groups excluding carboxylic acids is 2. The van der Waals surface area contributed by atoms with Crippen molar-refractivity contribution in [3.05, 3.63) is 57.6 Å². The van der Waals surface area contributed by atoms with Crippen molar-refractivity contribution >= 4 is 38.7 Å². The first-order chi connectivity index (χ1) is 12.2. The van der Waals surface area contributed by atoms with Crippen LogP contribution in [0.25, 0.3) is 0 Å². The maximum Gasteiger partial charge on any atom is 0.225 e. The van der Waals surface area contributed by atoms with Crippen LogP contribution in [0.2, 0.25) is 5.02 Å². The van der Waals surface area contributed by atoms with Gasteiger partial charge in [0, 0.05) is 18.1 Å². The van der Waals surface area contributed by atoms with Gasteiger partial charge in [0.1, 0.15) is 28.4 Å². The van der Waals surface area contributed by atoms with Gasteiger partial charge in [-0.2, -0.15) is 0 Å². The minimum absolute atomic E-state index is 0.0768. The van der Waals surface area contributed by atoms with Gasteiger partial charge in [-0.3, -0.25) is 9.59 Å². The number of aromatic nitrogens is 2. The van der Waals surface area contributed by atoms with Gasteiger partial charge in [-0.05, 0) is 18.2 Å². The maximum atomic E-state index is 12.8. The molecule has 0 bridgehead atoms. The predicted molar refractivity (Wildman–Crippen MR) is 94.2 cm³/mol. The number of sulfone groups is 1. The lowest BCUT2D eigenvalue weighted by Crippen LogP contribution is -2.30. The van der Waals surface area contributed by atoms with Crippen molar-refractivity contribution in [1.82, 2.24) is 9.97 Å². The number of ketones is 2. The van der Waals surface area contributed by atoms with E-state index in [4.69, 9.17) is 16.3 Å². The second kappa shape index (κ2) is 6.50. The molecule has 10 heteroatoms. The first kappa shape index (κ1) is 18.0. The number of nitrogens with one attached hydrogen (secondary N) is 1. The summed E-state index contributed by atoms with van der Waals surface area (Å²) in [5.41, 5.74) is -0.384. The highest BCUT2D eigenvalue weighted by Gasteiger charge is 2.38. The van der Waals surface area contributed by atoms with Gasteiger partial charge in [-0.15, -0.1) is 0 Å². The third kappa shape index (κ3) is 3.06. The van der Waals surface area contributed by atoms with Crippen molar-refractivity contribution in [3.8, 4) is 5.75 Å². The summed E-state index contributed by atoms with van der Waals surface area (Å²) in [7, 11) is -2.57. The lowest BCUT2D eigenvalue weighted by molar-refractivity contribution is 0.0977. The highest BCUT2D eigenvalue weighted by Crippen LogP contribution is 2.31. The number of benzene rings is 1. The summed E-state index contributed by atoms with van der Waals surface area (Å²) in [5.74, 6) is -1.17. The van der Waals surface area contributed by atoms with Gasteiger partial charge in [0.15, 0.2) is 9.84 Å². The molecular weight excluding hydrogens is 382 g/mol. The number of fused-ring (bicyclic) bond motifs is 1. The summed E-state index contributed by atoms with van der Waals surface area (Å²) < 4.78 is 29.4. The Balaban J connectivity index is 2.17. The number of rotatable bonds is 4. The summed E-state index contributed by atoms with van der Waals surface area (Å²) in [5, 5.41) is 2.93. The first-order valence-electron chi connectivity index (χ1n) is 7.18. The van der Waals surface area contributed by atoms with Crippen LogP contribution in [-0.2, 0) is 9.84 Å². The van der Waals surface area contributed by atoms with E-state index in [2.05, 4.69) is 15.3 Å². The fraction of sp³-hybridized carbons (Fsp3) is 0.125. The molecule has 1 aliphatic carbocycles. The number of Topliss-reactive ketones (excluding diaryl/α,β-unsaturated/α-hetero) is 2. The molecule has 0 amide bonds. The number of nitrogens with zero attached hydrogens (tertiary/aromatic N) is 2. The summed E-state index contributed by atoms with van der Waals surface area (Å²) in [6.45, 7) is 0. The molecule has 0 unspecified atom stereocenters. The van der Waals surface area contributed by atoms with Gasteiger partial charge in [0.25, 0.3) is 0 Å². The summed E-state index contributed by atoms with van der Waals surface area (Å²) in [4.78, 5) is 32.2. The number of halogens is 1. The first-order valence-corrected chi connectivity index (χ1v) is 9.45. The monoisotopic (exact) mass is 393 g/mol. The normalized spacial score (nSPS) is 14.3. The van der Waals surface area contributed by atoms with Gasteiger partial charge >= 0.3 is 0 Å². The third-order valence-corrected chi connectivity index (χ3v) is 5.05. The van der Waals surface area contributed by atoms with Crippen LogP contribution in [0.15, 0.2) is 41.3 Å². The van der Waals surface area contributed by atoms with Gasteiger partial charge in [0.2, 0.25) is 11.6 Å². The van der Waals surface area contributed by atoms with Crippen molar-refractivity contribution in [1.29, 1.82) is 0 Å². The van der Waals surface area contributed by atoms with Crippen LogP contribution in [-0.4, -0.2) is 43.3 Å². The summed E-state index contributed by atoms with van der Waals surface area (Å²) in [6, 6.07) is 4.52. The summed E-state index contributed by atoms with van der Waals surface area (Å²) in [6.07, 6.45) is 3.10. The highest BCUT2D eigenvalue weighted by molar-refractivity contribution is 7.95. The number of allylic oxidation sites excluding steroid dienone is 2. The molecule has 1 aromatic heterocycles. The summed E-state index contributed by atoms with van der Waals surface area (Å²) >= 11 is 6.05. The average molecular weight is 394 g/mol. The Bertz CT molecular complexity index is 1080. The number of hydrogen-bond donors (Lipinski definition) is 1. The second-order valence-corrected chi connectivity index (χ2v) is 7.75. The molecule has 1 N–H and O–H groups in total. The van der Waals surface area contributed by atoms with Crippen molar-refractivity contribution in [3.63, 3.8) is 0 Å². The van der Waals surface area contributed by atoms with Gasteiger partial charge in [-0.25, -0.2) is 18.4 Å². The Kier molecular flexibility index (Phi) is 4.51. The number of anilines is 1. The van der Waals surface area contributed by atoms with Crippen LogP contribution >= 0.6 is 11.6 Å². The van der Waals surface area contributed by atoms with Crippen molar-refractivity contribution in [2.24, 2.45) is 0 Å². The van der Waals surface area contributed by atoms with E-state index in [0.29, 0.717) is 11.4 Å². The largest absolute Gasteiger partial charge is 0.495 e. The van der Waals surface area contributed by atoms with E-state index >= 15 is 0 Å². The molecule has 0 radical (unpaired) electrons. The van der Waals surface area contributed by atoms with Crippen LogP contribution in [0.5, 0.6) is 5.75 Å². The highest BCUT2D eigenvalue weighted by atomic mass is 35.5. The lowest BCUT2D eigenvalue weighted by Gasteiger charge is -2.20. The zero-order chi connectivity index (χ0) is 19.1. The van der Waals surface area contributed by atoms with E-state index in [1.807, 2.05) is 0 Å². The van der Waals surface area contributed by atoms with E-state index in [-0.39, 0.29) is 22.0 Å². The second-order valence-electron chi connectivity index (χ2n) is 5.39. The fourth-order valence-corrected chi connectivity index (χ4v) is 3.70. The van der Waals surface area contributed by atoms with Crippen LogP contribution in [0.3, 0.4) is 0 Å². The fourth-order valence-electron chi connectivity index (χ4n) is 2.49. The Labute approximate surface area is 153 Å². The third-order valence-electron chi connectivity index (χ3n) is 3.62. The van der Waals surface area contributed by atoms with Gasteiger partial charge in [-0.1, -0.05) is 11.6 Å². The predicted octanol–water partition coefficient (Wildman–Crippen LogP) is 1.89. The molecule has 1 aliphatic rings. The molecule has 8 nitrogen and oxygen atoms in total. The Morgan fingerprint density at radius 3 is 2.54 bits per heavy atom. The van der Waals surface area contributed by atoms with Crippen LogP contribution < -0.4 is 10.1 Å². The average Bonchev–Trinajstić information content (AvgIpc) is 2.58. The standard InChI is InChI=1S/C16H12ClN3O5S/c1-25-11-4-3-8(5-10(11)17)20-13-14(21)9-6-18-7-19-12(9)15(22)16(13)26(2,23)24/h3-7,20H,1-2H3. The topological polar surface area (TPSA) is 115 Å². The number of ether oxygens (including phenoxy) is 1. The van der Waals surface area contributed by atoms with E-state index in [1.54, 1.807) is 0 Å². The Morgan fingerprint density at radius 1 is 1.19 bits per heavy atom. The SMILES string of the molecule is COc1ccc(NC2=C(S(C)(=O)=O)C(=O)c3ncncc3C2=O)cc1Cl. The molecule has 1 aromatic carbocycles. The minimum atomic E-state index is -4.01. The molecule has 2 aromatic rings. The molecule has 0 saturated carbocycles. The number of hydrogen-bond acceptors (Lipinski definition) is 8. The van der Waals surface area contributed by atoms with Crippen molar-refractivity contribution in [2.75, 3.05) is 18.7 Å². The van der Waals surface area contributed by atoms with Crippen molar-refractivity contribution in [2.45, 2.75) is 0 Å². The Hall–Kier alpha value is -2.78. The molecule has 0 saturated heterocycles. The maximum absolute atomic E-state index is 12.8. The molecule has 0 fully saturated rings. The smallest absolute Gasteiger partial charge is 0.225 e. The number of carbonyl (C=O) groups is 2. The Morgan fingerprint density at radius 2 is 1.92 bits per heavy atom. The van der Waals surface area contributed by atoms with Crippen LogP contribution in [0.4, 0.5) is 5.69 Å². The molecule has 134 valence electrons. The lowest BCUT2D eigenvalue weighted by atomic mass is 9.98. The van der Waals surface area contributed by atoms with Gasteiger partial charge in [0.05, 0.1) is 17.7 Å². The van der Waals surface area contributed by atoms with E-state index in [1.165, 1.54) is 31.5 Å². The molecule has 1 heterocycles. The molecule has 26 heavy (non-hydrogen) atoms. The quantitative estimate of drug-likeness (QED) is 0.837. The van der Waals surface area contributed by atoms with E-state index in [0.717, 1.165) is 12.6 Å². The van der Waals surface area contributed by atoms with Crippen molar-refractivity contribution < 1.29 is 22.7 Å². The van der Waals surface area contributed by atoms with E-state index in [9.17, 15) is 18.0 Å². The molecule has 3 rings (SSSR count). The zero-order valence-corrected chi connectivity index (χ0v) is 15.2. The zero-order valence-electron chi connectivity index (χ0n) is 13.6. The van der Waals surface area contributed by atoms with E-state index < -0.39 is 26.3 Å². The number of methoxy groups -OCH3 is 1. The molecule has 0 aliphatic heterocycles. The molecule has 0 spiro atoms.